The van der Waals surface area contributed by atoms with Crippen molar-refractivity contribution in [3.05, 3.63) is 29.3 Å². The summed E-state index contributed by atoms with van der Waals surface area (Å²) < 4.78 is 0. The minimum Gasteiger partial charge on any atom is -1.45 e. The van der Waals surface area contributed by atoms with Gasteiger partial charge in [-0.25, -0.2) is 0 Å². The summed E-state index contributed by atoms with van der Waals surface area (Å²) in [5.74, 6) is 0. The Morgan fingerprint density at radius 1 is 0.867 bits per heavy atom. The van der Waals surface area contributed by atoms with E-state index in [0.29, 0.717) is 0 Å². The second-order valence-corrected chi connectivity index (χ2v) is 6.71. The molecule has 0 fully saturated rings. The lowest BCUT2D eigenvalue weighted by atomic mass is 9.81. The largest absolute Gasteiger partial charge is 1.45 e. The van der Waals surface area contributed by atoms with E-state index < -0.39 is 0 Å². The van der Waals surface area contributed by atoms with Gasteiger partial charge in [-0.15, -0.1) is 6.07 Å². The molecule has 0 aromatic heterocycles. The fourth-order valence-corrected chi connectivity index (χ4v) is 2.08. The summed E-state index contributed by atoms with van der Waals surface area (Å²) in [4.78, 5) is 0. The van der Waals surface area contributed by atoms with E-state index in [1.165, 1.54) is 11.1 Å². The average molecular weight is 220 g/mol. The van der Waals surface area contributed by atoms with Gasteiger partial charge in [0.1, 0.15) is 0 Å². The Labute approximate surface area is 96.7 Å². The molecule has 0 heterocycles. The minimum atomic E-state index is 0.165. The second-order valence-electron chi connectivity index (χ2n) is 6.23. The van der Waals surface area contributed by atoms with Crippen molar-refractivity contribution in [2.24, 2.45) is 0 Å². The van der Waals surface area contributed by atoms with E-state index in [4.69, 9.17) is 0 Å². The van der Waals surface area contributed by atoms with E-state index in [-0.39, 0.29) is 10.8 Å². The molecule has 0 N–H and O–H groups in total. The van der Waals surface area contributed by atoms with Gasteiger partial charge in [-0.3, -0.25) is 0 Å². The van der Waals surface area contributed by atoms with Crippen molar-refractivity contribution in [2.75, 3.05) is 0 Å². The van der Waals surface area contributed by atoms with Gasteiger partial charge in [-0.1, -0.05) is 59.2 Å². The highest BCUT2D eigenvalue weighted by molar-refractivity contribution is 7.27. The summed E-state index contributed by atoms with van der Waals surface area (Å²) in [5, 5.41) is 1.09. The third-order valence-electron chi connectivity index (χ3n) is 2.67. The van der Waals surface area contributed by atoms with Gasteiger partial charge in [0.05, 0.1) is 0 Å². The standard InChI is InChI=1S/C14H21P/c1-13(2,3)10-7-8-12(15)11(9-10)14(4,5)6/h7-9H,1-6H3/q-2. The molecule has 0 nitrogen and oxygen atoms in total. The molecule has 0 aliphatic heterocycles. The molecule has 1 heteroatoms. The van der Waals surface area contributed by atoms with Crippen LogP contribution in [0, 0.1) is 0 Å². The summed E-state index contributed by atoms with van der Waals surface area (Å²) in [5.41, 5.74) is 3.09. The maximum atomic E-state index is 4.53. The molecule has 0 aliphatic carbocycles. The molecule has 1 rings (SSSR count). The highest BCUT2D eigenvalue weighted by Crippen LogP contribution is 2.28. The topological polar surface area (TPSA) is 0 Å². The third kappa shape index (κ3) is 3.05. The number of hydrogen-bond donors (Lipinski definition) is 0. The van der Waals surface area contributed by atoms with E-state index in [1.807, 2.05) is 0 Å². The second kappa shape index (κ2) is 3.91. The Morgan fingerprint density at radius 3 is 1.80 bits per heavy atom. The first-order valence-corrected chi connectivity index (χ1v) is 5.91. The molecule has 84 valence electrons. The third-order valence-corrected chi connectivity index (χ3v) is 3.06. The van der Waals surface area contributed by atoms with Crippen molar-refractivity contribution in [2.45, 2.75) is 52.4 Å². The lowest BCUT2D eigenvalue weighted by molar-refractivity contribution is 0.571. The van der Waals surface area contributed by atoms with Crippen LogP contribution < -0.4 is 5.30 Å². The van der Waals surface area contributed by atoms with E-state index in [1.54, 1.807) is 0 Å². The van der Waals surface area contributed by atoms with Gasteiger partial charge in [0.25, 0.3) is 0 Å². The summed E-state index contributed by atoms with van der Waals surface area (Å²) in [6, 6.07) is 6.59. The first-order chi connectivity index (χ1) is 6.62. The van der Waals surface area contributed by atoms with E-state index in [9.17, 15) is 0 Å². The van der Waals surface area contributed by atoms with Gasteiger partial charge in [-0.05, 0) is 16.4 Å². The van der Waals surface area contributed by atoms with Crippen LogP contribution in [0.5, 0.6) is 0 Å². The number of hydrogen-bond acceptors (Lipinski definition) is 0. The Kier molecular flexibility index (Phi) is 3.31. The number of benzene rings is 1. The van der Waals surface area contributed by atoms with Crippen LogP contribution in [0.15, 0.2) is 18.2 Å². The molecule has 0 radical (unpaired) electrons. The molecule has 0 saturated carbocycles. The zero-order valence-corrected chi connectivity index (χ0v) is 11.6. The highest BCUT2D eigenvalue weighted by atomic mass is 31.0. The predicted octanol–water partition coefficient (Wildman–Crippen LogP) is 4.32. The van der Waals surface area contributed by atoms with Gasteiger partial charge in [-0.2, -0.15) is 0 Å². The van der Waals surface area contributed by atoms with Gasteiger partial charge >= 0.3 is 0 Å². The molecule has 1 aromatic carbocycles. The van der Waals surface area contributed by atoms with Gasteiger partial charge < -0.3 is 14.5 Å². The zero-order chi connectivity index (χ0) is 11.9. The first-order valence-electron chi connectivity index (χ1n) is 5.46. The monoisotopic (exact) mass is 220 g/mol. The Bertz CT molecular complexity index is 351. The summed E-state index contributed by atoms with van der Waals surface area (Å²) >= 11 is 0. The van der Waals surface area contributed by atoms with E-state index in [0.717, 1.165) is 5.30 Å². The van der Waals surface area contributed by atoms with E-state index in [2.05, 4.69) is 69.0 Å². The fourth-order valence-electron chi connectivity index (χ4n) is 1.60. The lowest BCUT2D eigenvalue weighted by Crippen LogP contribution is -2.21. The molecular weight excluding hydrogens is 199 g/mol. The Hall–Kier alpha value is -0.350. The van der Waals surface area contributed by atoms with Crippen LogP contribution >= 0.6 is 9.24 Å². The fraction of sp³-hybridized carbons (Fsp3) is 0.571. The maximum absolute atomic E-state index is 4.53. The van der Waals surface area contributed by atoms with E-state index >= 15 is 0 Å². The molecule has 0 unspecified atom stereocenters. The summed E-state index contributed by atoms with van der Waals surface area (Å²) in [6.07, 6.45) is 0. The molecular formula is C14H21P-2. The van der Waals surface area contributed by atoms with Crippen molar-refractivity contribution in [3.8, 4) is 0 Å². The summed E-state index contributed by atoms with van der Waals surface area (Å²) in [6.45, 7) is 13.4. The van der Waals surface area contributed by atoms with Crippen molar-refractivity contribution in [1.82, 2.24) is 0 Å². The van der Waals surface area contributed by atoms with Crippen LogP contribution in [-0.2, 0) is 10.8 Å². The molecule has 0 amide bonds. The molecule has 1 aromatic rings. The SMILES string of the molecule is CC(C)(C)c1ccc([P-2])c(C(C)(C)C)c1. The van der Waals surface area contributed by atoms with Crippen LogP contribution in [0.3, 0.4) is 0 Å². The lowest BCUT2D eigenvalue weighted by Gasteiger charge is -2.43. The zero-order valence-electron chi connectivity index (χ0n) is 10.7. The van der Waals surface area contributed by atoms with Gasteiger partial charge in [0.2, 0.25) is 0 Å². The van der Waals surface area contributed by atoms with Crippen molar-refractivity contribution >= 4 is 14.5 Å². The first kappa shape index (κ1) is 12.7. The summed E-state index contributed by atoms with van der Waals surface area (Å²) in [7, 11) is 4.53. The normalized spacial score (nSPS) is 13.0. The van der Waals surface area contributed by atoms with Crippen molar-refractivity contribution in [3.63, 3.8) is 0 Å². The minimum absolute atomic E-state index is 0.165. The Balaban J connectivity index is 3.30. The van der Waals surface area contributed by atoms with Gasteiger partial charge in [0, 0.05) is 0 Å². The molecule has 0 saturated heterocycles. The smallest absolute Gasteiger partial charge is 0.0132 e. The van der Waals surface area contributed by atoms with Crippen LogP contribution in [0.1, 0.15) is 52.7 Å². The quantitative estimate of drug-likeness (QED) is 0.571. The molecule has 0 spiro atoms. The molecule has 0 bridgehead atoms. The number of rotatable bonds is 0. The van der Waals surface area contributed by atoms with Crippen LogP contribution in [0.2, 0.25) is 0 Å². The molecule has 0 aliphatic rings. The molecule has 15 heavy (non-hydrogen) atoms. The van der Waals surface area contributed by atoms with Crippen molar-refractivity contribution in [1.29, 1.82) is 0 Å². The maximum Gasteiger partial charge on any atom is -0.0132 e. The highest BCUT2D eigenvalue weighted by Gasteiger charge is 2.17. The van der Waals surface area contributed by atoms with Crippen LogP contribution in [-0.4, -0.2) is 0 Å². The molecule has 0 atom stereocenters. The van der Waals surface area contributed by atoms with Crippen LogP contribution in [0.4, 0.5) is 0 Å². The Morgan fingerprint density at radius 2 is 1.40 bits per heavy atom. The predicted molar refractivity (Wildman–Crippen MR) is 70.4 cm³/mol. The van der Waals surface area contributed by atoms with Crippen molar-refractivity contribution < 1.29 is 0 Å². The van der Waals surface area contributed by atoms with Gasteiger partial charge in [0.15, 0.2) is 0 Å². The van der Waals surface area contributed by atoms with Crippen LogP contribution in [0.25, 0.3) is 0 Å². The average Bonchev–Trinajstić information content (AvgIpc) is 2.00.